The summed E-state index contributed by atoms with van der Waals surface area (Å²) in [5.41, 5.74) is 7.77. The highest BCUT2D eigenvalue weighted by atomic mass is 16.4. The number of rotatable bonds is 1. The van der Waals surface area contributed by atoms with Gasteiger partial charge in [0.2, 0.25) is 0 Å². The summed E-state index contributed by atoms with van der Waals surface area (Å²) in [6.07, 6.45) is 0. The molecule has 76 valence electrons. The van der Waals surface area contributed by atoms with Crippen molar-refractivity contribution in [3.8, 4) is 11.8 Å². The highest BCUT2D eigenvalue weighted by molar-refractivity contribution is 5.76. The molecule has 0 bridgehead atoms. The third kappa shape index (κ3) is 2.09. The molecule has 3 N–H and O–H groups in total. The highest BCUT2D eigenvalue weighted by Crippen LogP contribution is 2.17. The summed E-state index contributed by atoms with van der Waals surface area (Å²) in [4.78, 5) is 4.03. The number of aromatic nitrogens is 1. The second-order valence-corrected chi connectivity index (χ2v) is 3.07. The second-order valence-electron chi connectivity index (χ2n) is 3.07. The van der Waals surface area contributed by atoms with Crippen molar-refractivity contribution < 1.29 is 4.42 Å². The van der Waals surface area contributed by atoms with Gasteiger partial charge in [-0.15, -0.1) is 0 Å². The Bertz CT molecular complexity index is 533. The van der Waals surface area contributed by atoms with E-state index in [-0.39, 0.29) is 6.01 Å². The molecule has 1 aromatic carbocycles. The van der Waals surface area contributed by atoms with E-state index in [1.165, 1.54) is 0 Å². The number of benzene rings is 1. The fraction of sp³-hybridized carbons (Fsp3) is 0.182. The molecule has 0 saturated carbocycles. The Morgan fingerprint density at radius 3 is 3.20 bits per heavy atom. The van der Waals surface area contributed by atoms with Gasteiger partial charge in [0.05, 0.1) is 6.54 Å². The number of nitrogens with two attached hydrogens (primary N) is 1. The first-order valence-electron chi connectivity index (χ1n) is 4.59. The number of hydrogen-bond donors (Lipinski definition) is 2. The van der Waals surface area contributed by atoms with Gasteiger partial charge in [-0.1, -0.05) is 11.8 Å². The topological polar surface area (TPSA) is 64.1 Å². The lowest BCUT2D eigenvalue weighted by Gasteiger charge is -1.89. The van der Waals surface area contributed by atoms with Crippen LogP contribution in [0.4, 0.5) is 6.01 Å². The van der Waals surface area contributed by atoms with Crippen LogP contribution in [-0.4, -0.2) is 18.6 Å². The fourth-order valence-electron chi connectivity index (χ4n) is 1.26. The first-order valence-corrected chi connectivity index (χ1v) is 4.59. The Kier molecular flexibility index (Phi) is 2.57. The van der Waals surface area contributed by atoms with Crippen LogP contribution in [0.25, 0.3) is 11.1 Å². The Labute approximate surface area is 87.5 Å². The molecule has 0 aliphatic heterocycles. The molecule has 0 aliphatic rings. The van der Waals surface area contributed by atoms with Gasteiger partial charge in [0.15, 0.2) is 5.58 Å². The summed E-state index contributed by atoms with van der Waals surface area (Å²) in [7, 11) is 1.86. The Balaban J connectivity index is 2.35. The van der Waals surface area contributed by atoms with E-state index < -0.39 is 0 Å². The first-order chi connectivity index (χ1) is 7.29. The van der Waals surface area contributed by atoms with Crippen LogP contribution in [0.3, 0.4) is 0 Å². The maximum atomic E-state index is 5.44. The average Bonchev–Trinajstić information content (AvgIpc) is 2.57. The molecule has 4 nitrogen and oxygen atoms in total. The maximum absolute atomic E-state index is 5.44. The van der Waals surface area contributed by atoms with Crippen molar-refractivity contribution in [3.05, 3.63) is 23.8 Å². The zero-order valence-corrected chi connectivity index (χ0v) is 8.37. The fourth-order valence-corrected chi connectivity index (χ4v) is 1.26. The number of oxazole rings is 1. The summed E-state index contributed by atoms with van der Waals surface area (Å²) in [6, 6.07) is 5.75. The lowest BCUT2D eigenvalue weighted by molar-refractivity contribution is 0.626. The van der Waals surface area contributed by atoms with E-state index in [0.29, 0.717) is 12.1 Å². The van der Waals surface area contributed by atoms with Gasteiger partial charge in [-0.3, -0.25) is 0 Å². The van der Waals surface area contributed by atoms with Crippen LogP contribution in [0, 0.1) is 11.8 Å². The number of nitrogens with one attached hydrogen (secondary N) is 1. The monoisotopic (exact) mass is 201 g/mol. The van der Waals surface area contributed by atoms with E-state index in [4.69, 9.17) is 10.2 Å². The van der Waals surface area contributed by atoms with E-state index in [1.54, 1.807) is 0 Å². The predicted octanol–water partition coefficient (Wildman–Crippen LogP) is 0.981. The van der Waals surface area contributed by atoms with E-state index in [2.05, 4.69) is 22.1 Å². The van der Waals surface area contributed by atoms with Gasteiger partial charge in [0.25, 0.3) is 6.01 Å². The van der Waals surface area contributed by atoms with Crippen LogP contribution in [-0.2, 0) is 0 Å². The van der Waals surface area contributed by atoms with Gasteiger partial charge >= 0.3 is 0 Å². The molecule has 15 heavy (non-hydrogen) atoms. The van der Waals surface area contributed by atoms with Crippen LogP contribution < -0.4 is 11.1 Å². The molecule has 2 rings (SSSR count). The van der Waals surface area contributed by atoms with E-state index >= 15 is 0 Å². The Hall–Kier alpha value is -1.99. The minimum absolute atomic E-state index is 0.185. The summed E-state index contributed by atoms with van der Waals surface area (Å²) in [5, 5.41) is 2.95. The number of nitrogen functional groups attached to an aromatic ring is 1. The highest BCUT2D eigenvalue weighted by Gasteiger charge is 2.01. The third-order valence-electron chi connectivity index (χ3n) is 1.90. The standard InChI is InChI=1S/C11H11N3O/c1-13-6-2-3-8-4-5-10-9(7-8)14-11(12)15-10/h4-5,7,13H,6H2,1H3,(H2,12,14). The van der Waals surface area contributed by atoms with E-state index in [0.717, 1.165) is 11.1 Å². The molecule has 1 aromatic heterocycles. The van der Waals surface area contributed by atoms with Crippen molar-refractivity contribution in [2.24, 2.45) is 0 Å². The van der Waals surface area contributed by atoms with Gasteiger partial charge in [-0.2, -0.15) is 4.98 Å². The van der Waals surface area contributed by atoms with Crippen molar-refractivity contribution in [1.82, 2.24) is 10.3 Å². The van der Waals surface area contributed by atoms with Crippen LogP contribution in [0.15, 0.2) is 22.6 Å². The largest absolute Gasteiger partial charge is 0.424 e. The van der Waals surface area contributed by atoms with E-state index in [1.807, 2.05) is 25.2 Å². The Morgan fingerprint density at radius 2 is 2.40 bits per heavy atom. The smallest absolute Gasteiger partial charge is 0.292 e. The number of anilines is 1. The molecule has 0 saturated heterocycles. The van der Waals surface area contributed by atoms with Gasteiger partial charge in [0, 0.05) is 5.56 Å². The van der Waals surface area contributed by atoms with Crippen molar-refractivity contribution in [3.63, 3.8) is 0 Å². The molecule has 0 amide bonds. The van der Waals surface area contributed by atoms with Crippen LogP contribution in [0.5, 0.6) is 0 Å². The second kappa shape index (κ2) is 4.03. The molecule has 0 atom stereocenters. The molecule has 0 aliphatic carbocycles. The van der Waals surface area contributed by atoms with Crippen molar-refractivity contribution in [2.75, 3.05) is 19.3 Å². The van der Waals surface area contributed by atoms with Crippen molar-refractivity contribution in [2.45, 2.75) is 0 Å². The lowest BCUT2D eigenvalue weighted by atomic mass is 10.2. The maximum Gasteiger partial charge on any atom is 0.292 e. The summed E-state index contributed by atoms with van der Waals surface area (Å²) in [6.45, 7) is 0.666. The molecule has 0 spiro atoms. The zero-order valence-electron chi connectivity index (χ0n) is 8.37. The molecular formula is C11H11N3O. The third-order valence-corrected chi connectivity index (χ3v) is 1.90. The lowest BCUT2D eigenvalue weighted by Crippen LogP contribution is -2.04. The Morgan fingerprint density at radius 1 is 1.53 bits per heavy atom. The molecule has 0 fully saturated rings. The number of nitrogens with zero attached hydrogens (tertiary/aromatic N) is 1. The van der Waals surface area contributed by atoms with Crippen LogP contribution in [0.1, 0.15) is 5.56 Å². The first kappa shape index (κ1) is 9.56. The minimum atomic E-state index is 0.185. The molecule has 4 heteroatoms. The number of fused-ring (bicyclic) bond motifs is 1. The molecule has 1 heterocycles. The predicted molar refractivity (Wildman–Crippen MR) is 59.2 cm³/mol. The quantitative estimate of drug-likeness (QED) is 0.675. The van der Waals surface area contributed by atoms with Crippen LogP contribution >= 0.6 is 0 Å². The molecule has 0 radical (unpaired) electrons. The summed E-state index contributed by atoms with van der Waals surface area (Å²) >= 11 is 0. The van der Waals surface area contributed by atoms with Crippen LogP contribution in [0.2, 0.25) is 0 Å². The molecular weight excluding hydrogens is 190 g/mol. The van der Waals surface area contributed by atoms with Gasteiger partial charge in [0.1, 0.15) is 5.52 Å². The average molecular weight is 201 g/mol. The van der Waals surface area contributed by atoms with Gasteiger partial charge in [-0.05, 0) is 25.2 Å². The van der Waals surface area contributed by atoms with Crippen molar-refractivity contribution >= 4 is 17.1 Å². The summed E-state index contributed by atoms with van der Waals surface area (Å²) in [5.74, 6) is 5.98. The van der Waals surface area contributed by atoms with Crippen molar-refractivity contribution in [1.29, 1.82) is 0 Å². The normalized spacial score (nSPS) is 9.93. The summed E-state index contributed by atoms with van der Waals surface area (Å²) < 4.78 is 5.15. The number of hydrogen-bond acceptors (Lipinski definition) is 4. The molecule has 0 unspecified atom stereocenters. The van der Waals surface area contributed by atoms with Gasteiger partial charge < -0.3 is 15.5 Å². The molecule has 2 aromatic rings. The zero-order chi connectivity index (χ0) is 10.7. The SMILES string of the molecule is CNCC#Cc1ccc2oc(N)nc2c1. The van der Waals surface area contributed by atoms with Gasteiger partial charge in [-0.25, -0.2) is 0 Å². The van der Waals surface area contributed by atoms with E-state index in [9.17, 15) is 0 Å². The minimum Gasteiger partial charge on any atom is -0.424 e.